The lowest BCUT2D eigenvalue weighted by Crippen LogP contribution is -2.21. The average molecular weight is 272 g/mol. The van der Waals surface area contributed by atoms with Crippen molar-refractivity contribution in [2.45, 2.75) is 26.7 Å². The van der Waals surface area contributed by atoms with E-state index in [9.17, 15) is 0 Å². The predicted octanol–water partition coefficient (Wildman–Crippen LogP) is 3.64. The van der Waals surface area contributed by atoms with Crippen molar-refractivity contribution in [1.82, 2.24) is 10.3 Å². The van der Waals surface area contributed by atoms with Gasteiger partial charge in [0.2, 0.25) is 0 Å². The van der Waals surface area contributed by atoms with Gasteiger partial charge in [-0.15, -0.1) is 0 Å². The van der Waals surface area contributed by atoms with E-state index in [2.05, 4.69) is 36.3 Å². The van der Waals surface area contributed by atoms with Crippen LogP contribution in [0.3, 0.4) is 0 Å². The number of benzene rings is 1. The summed E-state index contributed by atoms with van der Waals surface area (Å²) in [4.78, 5) is 4.39. The molecular weight excluding hydrogens is 248 g/mol. The van der Waals surface area contributed by atoms with E-state index in [1.165, 1.54) is 0 Å². The lowest BCUT2D eigenvalue weighted by atomic mass is 10.2. The maximum Gasteiger partial charge on any atom is 0.145 e. The Kier molecular flexibility index (Phi) is 5.81. The maximum atomic E-state index is 5.86. The van der Waals surface area contributed by atoms with Crippen LogP contribution in [0.1, 0.15) is 26.7 Å². The second-order valence-electron chi connectivity index (χ2n) is 5.48. The molecule has 1 heterocycles. The first kappa shape index (κ1) is 14.8. The van der Waals surface area contributed by atoms with E-state index < -0.39 is 0 Å². The van der Waals surface area contributed by atoms with Gasteiger partial charge in [-0.05, 0) is 44.0 Å². The Morgan fingerprint density at radius 1 is 1.15 bits per heavy atom. The molecule has 0 bridgehead atoms. The minimum absolute atomic E-state index is 0.716. The largest absolute Gasteiger partial charge is 0.491 e. The van der Waals surface area contributed by atoms with Crippen LogP contribution in [-0.4, -0.2) is 24.7 Å². The molecule has 0 radical (unpaired) electrons. The zero-order valence-electron chi connectivity index (χ0n) is 12.4. The molecule has 3 heteroatoms. The standard InChI is InChI=1S/C17H24N2O/c1-14(2)13-18-10-3-4-12-20-16-9-5-7-15-8-6-11-19-17(15)16/h5-9,11,14,18H,3-4,10,12-13H2,1-2H3. The van der Waals surface area contributed by atoms with Crippen molar-refractivity contribution >= 4 is 10.9 Å². The van der Waals surface area contributed by atoms with Gasteiger partial charge in [0.25, 0.3) is 0 Å². The van der Waals surface area contributed by atoms with Crippen LogP contribution in [0, 0.1) is 5.92 Å². The van der Waals surface area contributed by atoms with Crippen LogP contribution in [0.15, 0.2) is 36.5 Å². The summed E-state index contributed by atoms with van der Waals surface area (Å²) in [6.45, 7) is 7.36. The topological polar surface area (TPSA) is 34.1 Å². The average Bonchev–Trinajstić information content (AvgIpc) is 2.46. The van der Waals surface area contributed by atoms with Gasteiger partial charge < -0.3 is 10.1 Å². The summed E-state index contributed by atoms with van der Waals surface area (Å²) in [7, 11) is 0. The number of hydrogen-bond donors (Lipinski definition) is 1. The van der Waals surface area contributed by atoms with Crippen LogP contribution in [-0.2, 0) is 0 Å². The monoisotopic (exact) mass is 272 g/mol. The molecule has 3 nitrogen and oxygen atoms in total. The van der Waals surface area contributed by atoms with Crippen molar-refractivity contribution < 1.29 is 4.74 Å². The van der Waals surface area contributed by atoms with Gasteiger partial charge in [-0.25, -0.2) is 0 Å². The van der Waals surface area contributed by atoms with Gasteiger partial charge >= 0.3 is 0 Å². The Labute approximate surface area is 121 Å². The number of nitrogens with zero attached hydrogens (tertiary/aromatic N) is 1. The number of hydrogen-bond acceptors (Lipinski definition) is 3. The van der Waals surface area contributed by atoms with Gasteiger partial charge in [0.05, 0.1) is 6.61 Å². The van der Waals surface area contributed by atoms with Crippen molar-refractivity contribution in [3.8, 4) is 5.75 Å². The van der Waals surface area contributed by atoms with Gasteiger partial charge in [0.1, 0.15) is 11.3 Å². The number of ether oxygens (including phenoxy) is 1. The van der Waals surface area contributed by atoms with E-state index in [1.807, 2.05) is 24.4 Å². The molecule has 0 aliphatic rings. The first-order chi connectivity index (χ1) is 9.77. The number of fused-ring (bicyclic) bond motifs is 1. The lowest BCUT2D eigenvalue weighted by Gasteiger charge is -2.09. The summed E-state index contributed by atoms with van der Waals surface area (Å²) in [5.74, 6) is 1.60. The van der Waals surface area contributed by atoms with Crippen LogP contribution < -0.4 is 10.1 Å². The van der Waals surface area contributed by atoms with Crippen molar-refractivity contribution in [3.63, 3.8) is 0 Å². The molecule has 1 N–H and O–H groups in total. The van der Waals surface area contributed by atoms with Crippen LogP contribution in [0.5, 0.6) is 5.75 Å². The third-order valence-corrected chi connectivity index (χ3v) is 3.15. The quantitative estimate of drug-likeness (QED) is 0.745. The molecule has 0 saturated carbocycles. The smallest absolute Gasteiger partial charge is 0.145 e. The fourth-order valence-electron chi connectivity index (χ4n) is 2.12. The number of pyridine rings is 1. The Hall–Kier alpha value is -1.61. The molecule has 0 aliphatic carbocycles. The number of unbranched alkanes of at least 4 members (excludes halogenated alkanes) is 1. The SMILES string of the molecule is CC(C)CNCCCCOc1cccc2cccnc12. The molecule has 0 atom stereocenters. The second kappa shape index (κ2) is 7.85. The summed E-state index contributed by atoms with van der Waals surface area (Å²) in [5.41, 5.74) is 0.952. The molecule has 0 saturated heterocycles. The van der Waals surface area contributed by atoms with Crippen LogP contribution in [0.4, 0.5) is 0 Å². The highest BCUT2D eigenvalue weighted by molar-refractivity contribution is 5.84. The Balaban J connectivity index is 1.73. The third kappa shape index (κ3) is 4.49. The van der Waals surface area contributed by atoms with E-state index in [0.717, 1.165) is 49.2 Å². The highest BCUT2D eigenvalue weighted by Crippen LogP contribution is 2.22. The predicted molar refractivity (Wildman–Crippen MR) is 84.2 cm³/mol. The number of nitrogens with one attached hydrogen (secondary N) is 1. The molecule has 0 amide bonds. The first-order valence-corrected chi connectivity index (χ1v) is 7.44. The van der Waals surface area contributed by atoms with E-state index >= 15 is 0 Å². The number of rotatable bonds is 8. The van der Waals surface area contributed by atoms with Gasteiger partial charge in [-0.2, -0.15) is 0 Å². The van der Waals surface area contributed by atoms with Crippen molar-refractivity contribution in [2.24, 2.45) is 5.92 Å². The minimum Gasteiger partial charge on any atom is -0.491 e. The zero-order chi connectivity index (χ0) is 14.2. The fraction of sp³-hybridized carbons (Fsp3) is 0.471. The first-order valence-electron chi connectivity index (χ1n) is 7.44. The van der Waals surface area contributed by atoms with Gasteiger partial charge in [0, 0.05) is 11.6 Å². The van der Waals surface area contributed by atoms with Gasteiger partial charge in [0.15, 0.2) is 0 Å². The molecule has 0 spiro atoms. The zero-order valence-corrected chi connectivity index (χ0v) is 12.4. The normalized spacial score (nSPS) is 11.2. The highest BCUT2D eigenvalue weighted by atomic mass is 16.5. The highest BCUT2D eigenvalue weighted by Gasteiger charge is 2.02. The summed E-state index contributed by atoms with van der Waals surface area (Å²) >= 11 is 0. The Morgan fingerprint density at radius 3 is 2.85 bits per heavy atom. The molecule has 0 fully saturated rings. The number of para-hydroxylation sites is 1. The van der Waals surface area contributed by atoms with Crippen LogP contribution in [0.25, 0.3) is 10.9 Å². The second-order valence-corrected chi connectivity index (χ2v) is 5.48. The molecular formula is C17H24N2O. The van der Waals surface area contributed by atoms with Crippen molar-refractivity contribution in [3.05, 3.63) is 36.5 Å². The molecule has 108 valence electrons. The Morgan fingerprint density at radius 2 is 2.00 bits per heavy atom. The third-order valence-electron chi connectivity index (χ3n) is 3.15. The van der Waals surface area contributed by atoms with E-state index in [4.69, 9.17) is 4.74 Å². The van der Waals surface area contributed by atoms with E-state index in [-0.39, 0.29) is 0 Å². The van der Waals surface area contributed by atoms with E-state index in [1.54, 1.807) is 0 Å². The number of aromatic nitrogens is 1. The summed E-state index contributed by atoms with van der Waals surface area (Å²) in [6, 6.07) is 10.1. The molecule has 1 aromatic carbocycles. The summed E-state index contributed by atoms with van der Waals surface area (Å²) in [5, 5.41) is 4.57. The Bertz CT molecular complexity index is 520. The molecule has 0 aliphatic heterocycles. The summed E-state index contributed by atoms with van der Waals surface area (Å²) in [6.07, 6.45) is 4.02. The lowest BCUT2D eigenvalue weighted by molar-refractivity contribution is 0.308. The minimum atomic E-state index is 0.716. The fourth-order valence-corrected chi connectivity index (χ4v) is 2.12. The molecule has 2 aromatic rings. The van der Waals surface area contributed by atoms with Gasteiger partial charge in [-0.3, -0.25) is 4.98 Å². The molecule has 2 rings (SSSR count). The summed E-state index contributed by atoms with van der Waals surface area (Å²) < 4.78 is 5.86. The van der Waals surface area contributed by atoms with E-state index in [0.29, 0.717) is 5.92 Å². The molecule has 20 heavy (non-hydrogen) atoms. The van der Waals surface area contributed by atoms with Gasteiger partial charge in [-0.1, -0.05) is 32.0 Å². The van der Waals surface area contributed by atoms with Crippen LogP contribution >= 0.6 is 0 Å². The maximum absolute atomic E-state index is 5.86. The molecule has 0 unspecified atom stereocenters. The van der Waals surface area contributed by atoms with Crippen molar-refractivity contribution in [1.29, 1.82) is 0 Å². The van der Waals surface area contributed by atoms with Crippen LogP contribution in [0.2, 0.25) is 0 Å². The molecule has 1 aromatic heterocycles. The van der Waals surface area contributed by atoms with Crippen molar-refractivity contribution in [2.75, 3.05) is 19.7 Å².